The zero-order chi connectivity index (χ0) is 18.7. The highest BCUT2D eigenvalue weighted by Gasteiger charge is 2.36. The second-order valence-corrected chi connectivity index (χ2v) is 6.93. The molecule has 26 heavy (non-hydrogen) atoms. The number of nitriles is 1. The van der Waals surface area contributed by atoms with Gasteiger partial charge in [-0.3, -0.25) is 9.59 Å². The first kappa shape index (κ1) is 18.2. The highest BCUT2D eigenvalue weighted by atomic mass is 16.2. The number of aromatic nitrogens is 1. The number of amides is 2. The van der Waals surface area contributed by atoms with Gasteiger partial charge in [0.2, 0.25) is 11.8 Å². The van der Waals surface area contributed by atoms with Gasteiger partial charge >= 0.3 is 0 Å². The summed E-state index contributed by atoms with van der Waals surface area (Å²) in [6.07, 6.45) is 1.15. The van der Waals surface area contributed by atoms with Crippen molar-refractivity contribution in [2.24, 2.45) is 5.92 Å². The van der Waals surface area contributed by atoms with Gasteiger partial charge in [0.05, 0.1) is 11.5 Å². The van der Waals surface area contributed by atoms with E-state index in [4.69, 9.17) is 0 Å². The number of likely N-dealkylation sites (tertiary alicyclic amines) is 1. The van der Waals surface area contributed by atoms with Crippen LogP contribution in [0.5, 0.6) is 0 Å². The van der Waals surface area contributed by atoms with E-state index in [0.717, 1.165) is 18.7 Å². The van der Waals surface area contributed by atoms with Crippen molar-refractivity contribution >= 4 is 17.6 Å². The van der Waals surface area contributed by atoms with Gasteiger partial charge in [0, 0.05) is 51.4 Å². The second kappa shape index (κ2) is 7.73. The molecule has 7 heteroatoms. The highest BCUT2D eigenvalue weighted by Crippen LogP contribution is 2.23. The van der Waals surface area contributed by atoms with Crippen LogP contribution in [0.2, 0.25) is 0 Å². The van der Waals surface area contributed by atoms with E-state index < -0.39 is 0 Å². The molecular weight excluding hydrogens is 330 g/mol. The van der Waals surface area contributed by atoms with Crippen molar-refractivity contribution in [2.45, 2.75) is 26.7 Å². The first-order valence-corrected chi connectivity index (χ1v) is 9.22. The van der Waals surface area contributed by atoms with Gasteiger partial charge in [-0.05, 0) is 32.4 Å². The van der Waals surface area contributed by atoms with Gasteiger partial charge in [-0.2, -0.15) is 5.26 Å². The van der Waals surface area contributed by atoms with Crippen LogP contribution in [0.4, 0.5) is 5.82 Å². The summed E-state index contributed by atoms with van der Waals surface area (Å²) in [5.74, 6) is 0.634. The smallest absolute Gasteiger partial charge is 0.228 e. The standard InChI is InChI=1S/C19H25N5O2/c1-3-22-13-16(11-17(22)25)19(26)24-8-4-7-23(9-10-24)18-15(12-20)6-5-14(2)21-18/h5-6,16H,3-4,7-11,13H2,1-2H3. The third-order valence-corrected chi connectivity index (χ3v) is 5.19. The van der Waals surface area contributed by atoms with E-state index in [1.54, 1.807) is 11.0 Å². The molecule has 1 aromatic heterocycles. The van der Waals surface area contributed by atoms with Crippen molar-refractivity contribution in [3.05, 3.63) is 23.4 Å². The Morgan fingerprint density at radius 1 is 1.31 bits per heavy atom. The molecule has 0 radical (unpaired) electrons. The lowest BCUT2D eigenvalue weighted by atomic mass is 10.1. The molecule has 1 atom stereocenters. The number of carbonyl (C=O) groups is 2. The summed E-state index contributed by atoms with van der Waals surface area (Å²) in [4.78, 5) is 35.0. The van der Waals surface area contributed by atoms with Crippen LogP contribution in [-0.4, -0.2) is 65.9 Å². The van der Waals surface area contributed by atoms with Crippen LogP contribution in [0.1, 0.15) is 31.0 Å². The van der Waals surface area contributed by atoms with E-state index in [0.29, 0.717) is 50.5 Å². The normalized spacial score (nSPS) is 20.9. The van der Waals surface area contributed by atoms with Crippen molar-refractivity contribution < 1.29 is 9.59 Å². The predicted octanol–water partition coefficient (Wildman–Crippen LogP) is 1.17. The molecular formula is C19H25N5O2. The largest absolute Gasteiger partial charge is 0.354 e. The van der Waals surface area contributed by atoms with Gasteiger partial charge < -0.3 is 14.7 Å². The molecule has 2 saturated heterocycles. The predicted molar refractivity (Wildman–Crippen MR) is 97.5 cm³/mol. The van der Waals surface area contributed by atoms with Gasteiger partial charge in [0.15, 0.2) is 0 Å². The number of carbonyl (C=O) groups excluding carboxylic acids is 2. The SMILES string of the molecule is CCN1CC(C(=O)N2CCCN(c3nc(C)ccc3C#N)CC2)CC1=O. The third-order valence-electron chi connectivity index (χ3n) is 5.19. The Bertz CT molecular complexity index is 742. The number of pyridine rings is 1. The van der Waals surface area contributed by atoms with Crippen molar-refractivity contribution in [2.75, 3.05) is 44.2 Å². The Morgan fingerprint density at radius 2 is 2.12 bits per heavy atom. The van der Waals surface area contributed by atoms with Crippen LogP contribution >= 0.6 is 0 Å². The van der Waals surface area contributed by atoms with Crippen LogP contribution in [0, 0.1) is 24.2 Å². The molecule has 0 aromatic carbocycles. The fourth-order valence-electron chi connectivity index (χ4n) is 3.72. The lowest BCUT2D eigenvalue weighted by molar-refractivity contribution is -0.135. The van der Waals surface area contributed by atoms with Gasteiger partial charge in [0.25, 0.3) is 0 Å². The fourth-order valence-corrected chi connectivity index (χ4v) is 3.72. The van der Waals surface area contributed by atoms with E-state index in [1.165, 1.54) is 0 Å². The average Bonchev–Trinajstić information content (AvgIpc) is 2.86. The number of hydrogen-bond donors (Lipinski definition) is 0. The summed E-state index contributed by atoms with van der Waals surface area (Å²) in [6.45, 7) is 7.73. The summed E-state index contributed by atoms with van der Waals surface area (Å²) in [5, 5.41) is 9.35. The molecule has 2 aliphatic rings. The highest BCUT2D eigenvalue weighted by molar-refractivity contribution is 5.89. The molecule has 3 rings (SSSR count). The van der Waals surface area contributed by atoms with Crippen molar-refractivity contribution in [3.63, 3.8) is 0 Å². The minimum absolute atomic E-state index is 0.0740. The van der Waals surface area contributed by atoms with Gasteiger partial charge in [0.1, 0.15) is 11.9 Å². The van der Waals surface area contributed by atoms with Crippen molar-refractivity contribution in [1.82, 2.24) is 14.8 Å². The Balaban J connectivity index is 1.67. The fraction of sp³-hybridized carbons (Fsp3) is 0.579. The maximum absolute atomic E-state index is 12.8. The van der Waals surface area contributed by atoms with Crippen LogP contribution < -0.4 is 4.90 Å². The molecule has 0 saturated carbocycles. The molecule has 0 spiro atoms. The Morgan fingerprint density at radius 3 is 2.81 bits per heavy atom. The van der Waals surface area contributed by atoms with Crippen molar-refractivity contribution in [1.29, 1.82) is 5.26 Å². The zero-order valence-corrected chi connectivity index (χ0v) is 15.4. The summed E-state index contributed by atoms with van der Waals surface area (Å²) < 4.78 is 0. The molecule has 3 heterocycles. The minimum Gasteiger partial charge on any atom is -0.354 e. The summed E-state index contributed by atoms with van der Waals surface area (Å²) in [5.41, 5.74) is 1.44. The molecule has 0 N–H and O–H groups in total. The van der Waals surface area contributed by atoms with Gasteiger partial charge in [-0.25, -0.2) is 4.98 Å². The number of anilines is 1. The molecule has 1 unspecified atom stereocenters. The molecule has 2 fully saturated rings. The maximum atomic E-state index is 12.8. The summed E-state index contributed by atoms with van der Waals surface area (Å²) in [7, 11) is 0. The number of hydrogen-bond acceptors (Lipinski definition) is 5. The lowest BCUT2D eigenvalue weighted by Gasteiger charge is -2.25. The van der Waals surface area contributed by atoms with Crippen LogP contribution in [0.3, 0.4) is 0 Å². The molecule has 7 nitrogen and oxygen atoms in total. The Labute approximate surface area is 154 Å². The minimum atomic E-state index is -0.222. The number of rotatable bonds is 3. The molecule has 138 valence electrons. The lowest BCUT2D eigenvalue weighted by Crippen LogP contribution is -2.40. The Kier molecular flexibility index (Phi) is 5.40. The summed E-state index contributed by atoms with van der Waals surface area (Å²) in [6, 6.07) is 5.85. The van der Waals surface area contributed by atoms with Crippen LogP contribution in [-0.2, 0) is 9.59 Å². The molecule has 2 aliphatic heterocycles. The molecule has 2 amide bonds. The van der Waals surface area contributed by atoms with Crippen molar-refractivity contribution in [3.8, 4) is 6.07 Å². The van der Waals surface area contributed by atoms with Crippen LogP contribution in [0.15, 0.2) is 12.1 Å². The quantitative estimate of drug-likeness (QED) is 0.813. The zero-order valence-electron chi connectivity index (χ0n) is 15.4. The van der Waals surface area contributed by atoms with E-state index in [1.807, 2.05) is 24.8 Å². The topological polar surface area (TPSA) is 80.5 Å². The van der Waals surface area contributed by atoms with E-state index in [-0.39, 0.29) is 17.7 Å². The first-order valence-electron chi connectivity index (χ1n) is 9.22. The number of nitrogens with zero attached hydrogens (tertiary/aromatic N) is 5. The average molecular weight is 355 g/mol. The van der Waals surface area contributed by atoms with E-state index in [2.05, 4.69) is 16.0 Å². The third kappa shape index (κ3) is 3.64. The van der Waals surface area contributed by atoms with Gasteiger partial charge in [-0.1, -0.05) is 0 Å². The molecule has 0 aliphatic carbocycles. The monoisotopic (exact) mass is 355 g/mol. The molecule has 0 bridgehead atoms. The second-order valence-electron chi connectivity index (χ2n) is 6.93. The van der Waals surface area contributed by atoms with E-state index in [9.17, 15) is 14.9 Å². The Hall–Kier alpha value is -2.62. The summed E-state index contributed by atoms with van der Waals surface area (Å²) >= 11 is 0. The maximum Gasteiger partial charge on any atom is 0.228 e. The molecule has 1 aromatic rings. The van der Waals surface area contributed by atoms with E-state index >= 15 is 0 Å². The first-order chi connectivity index (χ1) is 12.5. The van der Waals surface area contributed by atoms with Crippen LogP contribution in [0.25, 0.3) is 0 Å². The number of aryl methyl sites for hydroxylation is 1. The van der Waals surface area contributed by atoms with Gasteiger partial charge in [-0.15, -0.1) is 0 Å².